The predicted octanol–water partition coefficient (Wildman–Crippen LogP) is 22.0. The zero-order valence-electron chi connectivity index (χ0n) is 44.8. The first-order valence-corrected chi connectivity index (χ1v) is 27.5. The van der Waals surface area contributed by atoms with Crippen LogP contribution in [-0.4, -0.2) is 4.57 Å². The van der Waals surface area contributed by atoms with E-state index >= 15 is 0 Å². The second-order valence-corrected chi connectivity index (χ2v) is 20.9. The van der Waals surface area contributed by atoms with Gasteiger partial charge in [-0.2, -0.15) is 13.2 Å². The van der Waals surface area contributed by atoms with E-state index in [1.165, 1.54) is 55.9 Å². The Morgan fingerprint density at radius 3 is 1.10 bits per heavy atom. The van der Waals surface area contributed by atoms with E-state index < -0.39 is 11.7 Å². The molecule has 14 aromatic rings. The molecule has 0 atom stereocenters. The van der Waals surface area contributed by atoms with Gasteiger partial charge in [-0.1, -0.05) is 182 Å². The van der Waals surface area contributed by atoms with Crippen molar-refractivity contribution in [2.75, 3.05) is 9.80 Å². The normalized spacial score (nSPS) is 11.7. The standard InChI is InChI=1S/C76H52F3N3/c1-51-17-15-25-64(47-51)80(59-21-7-3-8-22-59)61-39-31-52(32-40-61)56-37-45-72-70(48-56)71-49-57(53-33-41-62(42-34-53)81(60-23-9-4-10-24-60)65-26-16-20-58(50-65)76(77,78)79)38-46-73(71)82(72)63-43-35-55(36-44-63)75-68-29-13-11-27-66(68)74(54-18-5-2-6-19-54)67-28-12-14-30-69(67)75/h2-50H,1H3. The van der Waals surface area contributed by atoms with Crippen LogP contribution >= 0.6 is 0 Å². The Labute approximate surface area is 474 Å². The summed E-state index contributed by atoms with van der Waals surface area (Å²) in [5.41, 5.74) is 17.8. The highest BCUT2D eigenvalue weighted by Gasteiger charge is 2.31. The number of rotatable bonds is 11. The van der Waals surface area contributed by atoms with Crippen molar-refractivity contribution in [3.63, 3.8) is 0 Å². The van der Waals surface area contributed by atoms with Gasteiger partial charge in [0.25, 0.3) is 0 Å². The number of hydrogen-bond donors (Lipinski definition) is 0. The minimum atomic E-state index is -4.48. The fourth-order valence-electron chi connectivity index (χ4n) is 12.0. The summed E-state index contributed by atoms with van der Waals surface area (Å²) >= 11 is 0. The molecule has 3 nitrogen and oxygen atoms in total. The topological polar surface area (TPSA) is 11.4 Å². The van der Waals surface area contributed by atoms with Crippen LogP contribution < -0.4 is 9.80 Å². The van der Waals surface area contributed by atoms with Gasteiger partial charge in [0.1, 0.15) is 0 Å². The highest BCUT2D eigenvalue weighted by molar-refractivity contribution is 6.21. The summed E-state index contributed by atoms with van der Waals surface area (Å²) in [6.45, 7) is 2.12. The number of anilines is 6. The fourth-order valence-corrected chi connectivity index (χ4v) is 12.0. The molecule has 0 radical (unpaired) electrons. The lowest BCUT2D eigenvalue weighted by molar-refractivity contribution is -0.137. The van der Waals surface area contributed by atoms with E-state index in [1.54, 1.807) is 6.07 Å². The number of para-hydroxylation sites is 2. The average molecular weight is 1060 g/mol. The Balaban J connectivity index is 0.890. The molecule has 6 heteroatoms. The van der Waals surface area contributed by atoms with Gasteiger partial charge >= 0.3 is 6.18 Å². The molecular formula is C76H52F3N3. The number of alkyl halides is 3. The molecule has 1 aromatic heterocycles. The summed E-state index contributed by atoms with van der Waals surface area (Å²) in [7, 11) is 0. The molecule has 0 aliphatic heterocycles. The quantitative estimate of drug-likeness (QED) is 0.120. The number of nitrogens with zero attached hydrogens (tertiary/aromatic N) is 3. The van der Waals surface area contributed by atoms with Crippen molar-refractivity contribution in [3.8, 4) is 50.2 Å². The van der Waals surface area contributed by atoms with Crippen molar-refractivity contribution < 1.29 is 13.2 Å². The van der Waals surface area contributed by atoms with Gasteiger partial charge in [-0.15, -0.1) is 0 Å². The molecule has 0 fully saturated rings. The molecule has 0 spiro atoms. The Morgan fingerprint density at radius 1 is 0.280 bits per heavy atom. The van der Waals surface area contributed by atoms with Crippen LogP contribution in [0.4, 0.5) is 47.3 Å². The molecule has 0 unspecified atom stereocenters. The lowest BCUT2D eigenvalue weighted by Gasteiger charge is -2.26. The second kappa shape index (κ2) is 20.7. The van der Waals surface area contributed by atoms with Gasteiger partial charge in [-0.25, -0.2) is 0 Å². The maximum atomic E-state index is 14.1. The van der Waals surface area contributed by atoms with Gasteiger partial charge in [-0.3, -0.25) is 0 Å². The maximum absolute atomic E-state index is 14.1. The maximum Gasteiger partial charge on any atom is 0.416 e. The smallest absolute Gasteiger partial charge is 0.310 e. The Kier molecular flexibility index (Phi) is 12.6. The van der Waals surface area contributed by atoms with Crippen molar-refractivity contribution >= 4 is 77.5 Å². The highest BCUT2D eigenvalue weighted by Crippen LogP contribution is 2.46. The molecule has 0 aliphatic carbocycles. The molecule has 392 valence electrons. The van der Waals surface area contributed by atoms with E-state index in [2.05, 4.69) is 241 Å². The van der Waals surface area contributed by atoms with E-state index in [9.17, 15) is 13.2 Å². The fraction of sp³-hybridized carbons (Fsp3) is 0.0263. The molecule has 0 saturated carbocycles. The second-order valence-electron chi connectivity index (χ2n) is 20.9. The molecule has 82 heavy (non-hydrogen) atoms. The third-order valence-corrected chi connectivity index (χ3v) is 15.8. The summed E-state index contributed by atoms with van der Waals surface area (Å²) in [6.07, 6.45) is -4.48. The molecular weight excluding hydrogens is 1010 g/mol. The van der Waals surface area contributed by atoms with Gasteiger partial charge in [0, 0.05) is 50.6 Å². The van der Waals surface area contributed by atoms with Gasteiger partial charge < -0.3 is 14.4 Å². The van der Waals surface area contributed by atoms with Crippen LogP contribution in [0.1, 0.15) is 11.1 Å². The molecule has 1 heterocycles. The van der Waals surface area contributed by atoms with E-state index in [0.717, 1.165) is 89.8 Å². The van der Waals surface area contributed by atoms with E-state index in [0.29, 0.717) is 5.69 Å². The van der Waals surface area contributed by atoms with Crippen LogP contribution in [0.15, 0.2) is 297 Å². The Morgan fingerprint density at radius 2 is 0.646 bits per heavy atom. The lowest BCUT2D eigenvalue weighted by atomic mass is 9.86. The van der Waals surface area contributed by atoms with Crippen LogP contribution in [0.5, 0.6) is 0 Å². The van der Waals surface area contributed by atoms with Crippen LogP contribution in [0, 0.1) is 6.92 Å². The molecule has 0 bridgehead atoms. The number of benzene rings is 13. The Hall–Kier alpha value is -10.4. The molecule has 0 aliphatic rings. The largest absolute Gasteiger partial charge is 0.416 e. The minimum absolute atomic E-state index is 0.420. The van der Waals surface area contributed by atoms with E-state index in [1.807, 2.05) is 53.4 Å². The first kappa shape index (κ1) is 49.8. The molecule has 0 N–H and O–H groups in total. The van der Waals surface area contributed by atoms with Crippen molar-refractivity contribution in [2.24, 2.45) is 0 Å². The van der Waals surface area contributed by atoms with Crippen molar-refractivity contribution in [3.05, 3.63) is 308 Å². The SMILES string of the molecule is Cc1cccc(N(c2ccccc2)c2ccc(-c3ccc4c(c3)c3cc(-c5ccc(N(c6ccccc6)c6cccc(C(F)(F)F)c6)cc5)ccc3n4-c3ccc(-c4c5ccccc5c(-c5ccccc5)c5ccccc45)cc3)cc2)c1. The molecule has 0 saturated heterocycles. The number of aryl methyl sites for hydroxylation is 1. The van der Waals surface area contributed by atoms with Crippen molar-refractivity contribution in [2.45, 2.75) is 13.1 Å². The highest BCUT2D eigenvalue weighted by atomic mass is 19.4. The average Bonchev–Trinajstić information content (AvgIpc) is 3.95. The molecule has 0 amide bonds. The minimum Gasteiger partial charge on any atom is -0.310 e. The van der Waals surface area contributed by atoms with E-state index in [-0.39, 0.29) is 0 Å². The lowest BCUT2D eigenvalue weighted by Crippen LogP contribution is -2.12. The zero-order valence-corrected chi connectivity index (χ0v) is 44.8. The van der Waals surface area contributed by atoms with Gasteiger partial charge in [0.15, 0.2) is 0 Å². The van der Waals surface area contributed by atoms with E-state index in [4.69, 9.17) is 0 Å². The summed E-state index contributed by atoms with van der Waals surface area (Å²) in [6, 6.07) is 102. The monoisotopic (exact) mass is 1060 g/mol. The summed E-state index contributed by atoms with van der Waals surface area (Å²) < 4.78 is 44.5. The van der Waals surface area contributed by atoms with Gasteiger partial charge in [-0.05, 0) is 194 Å². The molecule has 14 rings (SSSR count). The first-order chi connectivity index (χ1) is 40.2. The zero-order chi connectivity index (χ0) is 55.3. The third kappa shape index (κ3) is 9.10. The van der Waals surface area contributed by atoms with Crippen molar-refractivity contribution in [1.29, 1.82) is 0 Å². The summed E-state index contributed by atoms with van der Waals surface area (Å²) in [5.74, 6) is 0. The van der Waals surface area contributed by atoms with Crippen LogP contribution in [0.2, 0.25) is 0 Å². The number of aromatic nitrogens is 1. The van der Waals surface area contributed by atoms with Crippen LogP contribution in [0.3, 0.4) is 0 Å². The Bertz CT molecular complexity index is 4590. The van der Waals surface area contributed by atoms with Gasteiger partial charge in [0.2, 0.25) is 0 Å². The van der Waals surface area contributed by atoms with Crippen LogP contribution in [-0.2, 0) is 6.18 Å². The number of hydrogen-bond acceptors (Lipinski definition) is 2. The summed E-state index contributed by atoms with van der Waals surface area (Å²) in [5, 5.41) is 7.05. The number of halogens is 3. The van der Waals surface area contributed by atoms with Crippen molar-refractivity contribution in [1.82, 2.24) is 4.57 Å². The molecule has 13 aromatic carbocycles. The van der Waals surface area contributed by atoms with Crippen LogP contribution in [0.25, 0.3) is 93.5 Å². The van der Waals surface area contributed by atoms with Gasteiger partial charge in [0.05, 0.1) is 16.6 Å². The summed E-state index contributed by atoms with van der Waals surface area (Å²) in [4.78, 5) is 4.16. The third-order valence-electron chi connectivity index (χ3n) is 15.8. The number of fused-ring (bicyclic) bond motifs is 5. The predicted molar refractivity (Wildman–Crippen MR) is 337 cm³/mol. The first-order valence-electron chi connectivity index (χ1n) is 27.5.